The molecule has 1 N–H and O–H groups in total. The Bertz CT molecular complexity index is 1260. The number of ether oxygens (including phenoxy) is 2. The van der Waals surface area contributed by atoms with Gasteiger partial charge in [-0.3, -0.25) is 4.79 Å². The summed E-state index contributed by atoms with van der Waals surface area (Å²) in [6.07, 6.45) is 0. The minimum atomic E-state index is -3.82. The van der Waals surface area contributed by atoms with Gasteiger partial charge in [-0.2, -0.15) is 9.10 Å². The number of aromatic nitrogens is 4. The number of carbonyl (C=O) groups excluding carboxylic acids is 1. The number of morpholine rings is 1. The van der Waals surface area contributed by atoms with Crippen molar-refractivity contribution in [3.8, 4) is 17.1 Å². The molecule has 0 atom stereocenters. The van der Waals surface area contributed by atoms with Crippen molar-refractivity contribution >= 4 is 33.2 Å². The van der Waals surface area contributed by atoms with Crippen LogP contribution in [0.5, 0.6) is 5.75 Å². The van der Waals surface area contributed by atoms with Gasteiger partial charge in [0.2, 0.25) is 21.8 Å². The fraction of sp³-hybridized carbons (Fsp3) is 0.300. The third-order valence-corrected chi connectivity index (χ3v) is 7.25. The number of amides is 1. The average molecular weight is 493 g/mol. The number of tetrazole rings is 1. The summed E-state index contributed by atoms with van der Waals surface area (Å²) < 4.78 is 37.6. The average Bonchev–Trinajstić information content (AvgIpc) is 3.29. The summed E-state index contributed by atoms with van der Waals surface area (Å²) in [5.74, 6) is 0.529. The summed E-state index contributed by atoms with van der Waals surface area (Å²) in [6, 6.07) is 11.4. The number of nitrogens with zero attached hydrogens (tertiary/aromatic N) is 5. The maximum atomic E-state index is 13.0. The molecule has 2 aromatic carbocycles. The van der Waals surface area contributed by atoms with Crippen LogP contribution >= 0.6 is 11.6 Å². The molecule has 0 saturated carbocycles. The maximum absolute atomic E-state index is 13.0. The minimum Gasteiger partial charge on any atom is -0.497 e. The lowest BCUT2D eigenvalue weighted by molar-refractivity contribution is -0.117. The Morgan fingerprint density at radius 3 is 2.76 bits per heavy atom. The first-order valence-corrected chi connectivity index (χ1v) is 11.8. The zero-order chi connectivity index (χ0) is 23.4. The Hall–Kier alpha value is -3.06. The summed E-state index contributed by atoms with van der Waals surface area (Å²) in [6.45, 7) is 0.892. The molecule has 0 unspecified atom stereocenters. The smallest absolute Gasteiger partial charge is 0.248 e. The molecule has 174 valence electrons. The lowest BCUT2D eigenvalue weighted by Crippen LogP contribution is -2.40. The second kappa shape index (κ2) is 9.83. The summed E-state index contributed by atoms with van der Waals surface area (Å²) in [4.78, 5) is 13.6. The largest absolute Gasteiger partial charge is 0.497 e. The Morgan fingerprint density at radius 1 is 1.21 bits per heavy atom. The van der Waals surface area contributed by atoms with Gasteiger partial charge in [-0.1, -0.05) is 23.7 Å². The van der Waals surface area contributed by atoms with Gasteiger partial charge in [0, 0.05) is 24.3 Å². The number of anilines is 1. The molecular weight excluding hydrogens is 472 g/mol. The van der Waals surface area contributed by atoms with Crippen molar-refractivity contribution in [2.45, 2.75) is 11.4 Å². The van der Waals surface area contributed by atoms with Crippen molar-refractivity contribution < 1.29 is 22.7 Å². The highest BCUT2D eigenvalue weighted by atomic mass is 35.5. The molecule has 1 aromatic heterocycles. The second-order valence-corrected chi connectivity index (χ2v) is 9.40. The van der Waals surface area contributed by atoms with E-state index in [0.717, 1.165) is 4.80 Å². The van der Waals surface area contributed by atoms with Crippen LogP contribution in [-0.4, -0.2) is 72.3 Å². The molecule has 1 aliphatic rings. The molecule has 0 aliphatic carbocycles. The van der Waals surface area contributed by atoms with Crippen LogP contribution in [0.15, 0.2) is 47.4 Å². The normalized spacial score (nSPS) is 14.7. The van der Waals surface area contributed by atoms with Crippen molar-refractivity contribution in [1.82, 2.24) is 24.5 Å². The first-order valence-electron chi connectivity index (χ1n) is 9.96. The molecule has 11 nitrogen and oxygen atoms in total. The first-order chi connectivity index (χ1) is 15.9. The Kier molecular flexibility index (Phi) is 6.88. The van der Waals surface area contributed by atoms with Crippen molar-refractivity contribution in [2.75, 3.05) is 38.7 Å². The lowest BCUT2D eigenvalue weighted by atomic mass is 10.2. The molecule has 4 rings (SSSR count). The molecule has 13 heteroatoms. The number of methoxy groups -OCH3 is 1. The van der Waals surface area contributed by atoms with Crippen molar-refractivity contribution in [3.63, 3.8) is 0 Å². The quantitative estimate of drug-likeness (QED) is 0.527. The number of hydrogen-bond acceptors (Lipinski definition) is 8. The number of hydrogen-bond donors (Lipinski definition) is 1. The highest BCUT2D eigenvalue weighted by molar-refractivity contribution is 7.89. The van der Waals surface area contributed by atoms with E-state index in [1.54, 1.807) is 31.4 Å². The van der Waals surface area contributed by atoms with Gasteiger partial charge in [-0.25, -0.2) is 8.42 Å². The topological polar surface area (TPSA) is 129 Å². The van der Waals surface area contributed by atoms with E-state index in [-0.39, 0.29) is 35.2 Å². The molecule has 0 spiro atoms. The van der Waals surface area contributed by atoms with E-state index >= 15 is 0 Å². The SMILES string of the molecule is COc1cccc(-c2nnn(CC(=O)Nc3ccc(Cl)c(S(=O)(=O)N4CCOCC4)c3)n2)c1. The van der Waals surface area contributed by atoms with E-state index in [4.69, 9.17) is 21.1 Å². The standard InChI is InChI=1S/C20H21ClN6O5S/c1-31-16-4-2-3-14(11-16)20-23-25-27(24-20)13-19(28)22-15-5-6-17(21)18(12-15)33(29,30)26-7-9-32-10-8-26/h2-6,11-12H,7-10,13H2,1H3,(H,22,28). The third-order valence-electron chi connectivity index (χ3n) is 4.87. The maximum Gasteiger partial charge on any atom is 0.248 e. The highest BCUT2D eigenvalue weighted by Crippen LogP contribution is 2.28. The van der Waals surface area contributed by atoms with Crippen LogP contribution in [0.4, 0.5) is 5.69 Å². The number of rotatable bonds is 7. The molecule has 0 radical (unpaired) electrons. The van der Waals surface area contributed by atoms with E-state index in [9.17, 15) is 13.2 Å². The molecule has 2 heterocycles. The Morgan fingerprint density at radius 2 is 2.00 bits per heavy atom. The van der Waals surface area contributed by atoms with Crippen LogP contribution in [0, 0.1) is 0 Å². The fourth-order valence-electron chi connectivity index (χ4n) is 3.22. The van der Waals surface area contributed by atoms with Gasteiger partial charge in [-0.15, -0.1) is 10.2 Å². The van der Waals surface area contributed by atoms with Gasteiger partial charge < -0.3 is 14.8 Å². The zero-order valence-corrected chi connectivity index (χ0v) is 19.2. The van der Waals surface area contributed by atoms with Gasteiger partial charge in [0.15, 0.2) is 0 Å². The van der Waals surface area contributed by atoms with Gasteiger partial charge >= 0.3 is 0 Å². The van der Waals surface area contributed by atoms with E-state index in [1.807, 2.05) is 0 Å². The fourth-order valence-corrected chi connectivity index (χ4v) is 5.13. The highest BCUT2D eigenvalue weighted by Gasteiger charge is 2.28. The van der Waals surface area contributed by atoms with E-state index < -0.39 is 15.9 Å². The predicted octanol–water partition coefficient (Wildman–Crippen LogP) is 1.66. The number of halogens is 1. The summed E-state index contributed by atoms with van der Waals surface area (Å²) in [5, 5.41) is 14.8. The number of benzene rings is 2. The molecule has 0 bridgehead atoms. The van der Waals surface area contributed by atoms with Crippen LogP contribution in [0.1, 0.15) is 0 Å². The van der Waals surface area contributed by atoms with Crippen LogP contribution in [0.25, 0.3) is 11.4 Å². The first kappa shape index (κ1) is 23.1. The summed E-state index contributed by atoms with van der Waals surface area (Å²) in [7, 11) is -2.27. The molecule has 3 aromatic rings. The van der Waals surface area contributed by atoms with Crippen LogP contribution in [0.3, 0.4) is 0 Å². The van der Waals surface area contributed by atoms with Gasteiger partial charge in [0.05, 0.1) is 25.3 Å². The molecule has 1 amide bonds. The van der Waals surface area contributed by atoms with Crippen molar-refractivity contribution in [3.05, 3.63) is 47.5 Å². The summed E-state index contributed by atoms with van der Waals surface area (Å²) in [5.41, 5.74) is 0.973. The molecule has 1 fully saturated rings. The van der Waals surface area contributed by atoms with Gasteiger partial charge in [-0.05, 0) is 35.5 Å². The van der Waals surface area contributed by atoms with E-state index in [0.29, 0.717) is 30.4 Å². The van der Waals surface area contributed by atoms with Crippen molar-refractivity contribution in [1.29, 1.82) is 0 Å². The number of sulfonamides is 1. The molecule has 1 saturated heterocycles. The second-order valence-electron chi connectivity index (χ2n) is 7.09. The van der Waals surface area contributed by atoms with Crippen LogP contribution in [-0.2, 0) is 26.1 Å². The minimum absolute atomic E-state index is 0.0698. The third kappa shape index (κ3) is 5.30. The van der Waals surface area contributed by atoms with E-state index in [1.165, 1.54) is 22.5 Å². The Balaban J connectivity index is 1.46. The molecular formula is C20H21ClN6O5S. The molecule has 33 heavy (non-hydrogen) atoms. The lowest BCUT2D eigenvalue weighted by Gasteiger charge is -2.26. The van der Waals surface area contributed by atoms with Gasteiger partial charge in [0.25, 0.3) is 0 Å². The van der Waals surface area contributed by atoms with E-state index in [2.05, 4.69) is 20.7 Å². The molecule has 1 aliphatic heterocycles. The monoisotopic (exact) mass is 492 g/mol. The van der Waals surface area contributed by atoms with Crippen LogP contribution < -0.4 is 10.1 Å². The number of nitrogens with one attached hydrogen (secondary N) is 1. The summed E-state index contributed by atoms with van der Waals surface area (Å²) >= 11 is 6.16. The zero-order valence-electron chi connectivity index (χ0n) is 17.6. The number of carbonyl (C=O) groups is 1. The Labute approximate surface area is 195 Å². The predicted molar refractivity (Wildman–Crippen MR) is 119 cm³/mol. The van der Waals surface area contributed by atoms with Crippen LogP contribution in [0.2, 0.25) is 5.02 Å². The van der Waals surface area contributed by atoms with Gasteiger partial charge in [0.1, 0.15) is 17.2 Å². The van der Waals surface area contributed by atoms with Crippen molar-refractivity contribution in [2.24, 2.45) is 0 Å².